The maximum absolute atomic E-state index is 11.7. The topological polar surface area (TPSA) is 77.1 Å². The molecule has 0 spiro atoms. The maximum Gasteiger partial charge on any atom is 0.282 e. The summed E-state index contributed by atoms with van der Waals surface area (Å²) in [6.07, 6.45) is 4.24. The molecule has 0 saturated heterocycles. The molecule has 21 heavy (non-hydrogen) atoms. The van der Waals surface area contributed by atoms with Gasteiger partial charge < -0.3 is 5.32 Å². The van der Waals surface area contributed by atoms with Gasteiger partial charge in [0, 0.05) is 26.2 Å². The number of nitrogens with zero attached hydrogens (tertiary/aromatic N) is 5. The Bertz CT molecular complexity index is 840. The lowest BCUT2D eigenvalue weighted by Gasteiger charge is -2.07. The zero-order valence-electron chi connectivity index (χ0n) is 11.3. The fourth-order valence-corrected chi connectivity index (χ4v) is 2.50. The summed E-state index contributed by atoms with van der Waals surface area (Å²) in [6, 6.07) is 5.77. The molecule has 7 nitrogen and oxygen atoms in total. The second-order valence-corrected chi connectivity index (χ2v) is 5.32. The molecule has 0 aromatic carbocycles. The molecule has 3 aromatic rings. The molecule has 0 bridgehead atoms. The molecule has 3 aromatic heterocycles. The Morgan fingerprint density at radius 3 is 3.05 bits per heavy atom. The summed E-state index contributed by atoms with van der Waals surface area (Å²) in [4.78, 5) is 11.7. The van der Waals surface area contributed by atoms with E-state index in [-0.39, 0.29) is 5.56 Å². The van der Waals surface area contributed by atoms with Crippen LogP contribution in [0.2, 0.25) is 0 Å². The van der Waals surface area contributed by atoms with E-state index in [0.717, 1.165) is 11.5 Å². The number of anilines is 1. The van der Waals surface area contributed by atoms with Gasteiger partial charge >= 0.3 is 0 Å². The second kappa shape index (κ2) is 5.65. The highest BCUT2D eigenvalue weighted by atomic mass is 79.9. The fourth-order valence-electron chi connectivity index (χ4n) is 2.00. The average molecular weight is 349 g/mol. The van der Waals surface area contributed by atoms with Crippen molar-refractivity contribution in [3.05, 3.63) is 51.2 Å². The Morgan fingerprint density at radius 2 is 2.19 bits per heavy atom. The largest absolute Gasteiger partial charge is 0.382 e. The molecular weight excluding hydrogens is 336 g/mol. The van der Waals surface area contributed by atoms with Gasteiger partial charge in [0.25, 0.3) is 5.56 Å². The molecule has 3 rings (SSSR count). The lowest BCUT2D eigenvalue weighted by atomic mass is 10.3. The van der Waals surface area contributed by atoms with Gasteiger partial charge in [0.15, 0.2) is 5.65 Å². The Labute approximate surface area is 128 Å². The van der Waals surface area contributed by atoms with Gasteiger partial charge in [0.2, 0.25) is 0 Å². The molecule has 0 aliphatic rings. The Kier molecular flexibility index (Phi) is 3.70. The van der Waals surface area contributed by atoms with Crippen LogP contribution in [-0.2, 0) is 13.5 Å². The summed E-state index contributed by atoms with van der Waals surface area (Å²) in [5.74, 6) is 0.867. The van der Waals surface area contributed by atoms with Gasteiger partial charge in [-0.15, -0.1) is 10.2 Å². The van der Waals surface area contributed by atoms with E-state index in [1.165, 1.54) is 4.68 Å². The first-order valence-electron chi connectivity index (χ1n) is 6.41. The smallest absolute Gasteiger partial charge is 0.282 e. The summed E-state index contributed by atoms with van der Waals surface area (Å²) in [5, 5.41) is 15.4. The van der Waals surface area contributed by atoms with Crippen LogP contribution in [0.25, 0.3) is 5.65 Å². The van der Waals surface area contributed by atoms with Crippen LogP contribution in [-0.4, -0.2) is 30.9 Å². The number of rotatable bonds is 4. The van der Waals surface area contributed by atoms with Crippen LogP contribution in [0.4, 0.5) is 5.69 Å². The summed E-state index contributed by atoms with van der Waals surface area (Å²) < 4.78 is 3.70. The van der Waals surface area contributed by atoms with Crippen LogP contribution < -0.4 is 10.9 Å². The number of hydrogen-bond acceptors (Lipinski definition) is 5. The molecule has 0 radical (unpaired) electrons. The molecule has 0 aliphatic heterocycles. The Hall–Kier alpha value is -2.22. The number of nitrogens with one attached hydrogen (secondary N) is 1. The molecule has 0 aliphatic carbocycles. The van der Waals surface area contributed by atoms with Crippen molar-refractivity contribution in [3.8, 4) is 0 Å². The first kappa shape index (κ1) is 13.7. The van der Waals surface area contributed by atoms with E-state index >= 15 is 0 Å². The third-order valence-corrected chi connectivity index (χ3v) is 3.89. The number of fused-ring (bicyclic) bond motifs is 1. The summed E-state index contributed by atoms with van der Waals surface area (Å²) in [5.41, 5.74) is 1.32. The van der Waals surface area contributed by atoms with Gasteiger partial charge in [-0.2, -0.15) is 5.10 Å². The molecule has 3 heterocycles. The number of halogens is 1. The number of aryl methyl sites for hydroxylation is 1. The summed E-state index contributed by atoms with van der Waals surface area (Å²) >= 11 is 3.28. The van der Waals surface area contributed by atoms with Crippen molar-refractivity contribution in [2.75, 3.05) is 11.9 Å². The minimum atomic E-state index is -0.173. The second-order valence-electron chi connectivity index (χ2n) is 4.52. The molecule has 0 amide bonds. The highest BCUT2D eigenvalue weighted by Crippen LogP contribution is 2.15. The maximum atomic E-state index is 11.7. The molecule has 1 N–H and O–H groups in total. The monoisotopic (exact) mass is 348 g/mol. The fraction of sp³-hybridized carbons (Fsp3) is 0.231. The quantitative estimate of drug-likeness (QED) is 0.767. The standard InChI is InChI=1S/C13H13BrN6O/c1-19-13(21)12(14)9(8-16-19)15-6-5-11-18-17-10-4-2-3-7-20(10)11/h2-4,7-8,15H,5-6H2,1H3. The van der Waals surface area contributed by atoms with Crippen LogP contribution in [0, 0.1) is 0 Å². The van der Waals surface area contributed by atoms with Gasteiger partial charge in [-0.25, -0.2) is 4.68 Å². The van der Waals surface area contributed by atoms with E-state index < -0.39 is 0 Å². The Balaban J connectivity index is 1.72. The van der Waals surface area contributed by atoms with E-state index in [2.05, 4.69) is 36.5 Å². The number of hydrogen-bond donors (Lipinski definition) is 1. The normalized spacial score (nSPS) is 11.0. The van der Waals surface area contributed by atoms with E-state index in [4.69, 9.17) is 0 Å². The van der Waals surface area contributed by atoms with E-state index in [0.29, 0.717) is 23.1 Å². The minimum Gasteiger partial charge on any atom is -0.382 e. The molecule has 0 atom stereocenters. The predicted molar refractivity (Wildman–Crippen MR) is 82.4 cm³/mol. The molecule has 8 heteroatoms. The molecule has 108 valence electrons. The van der Waals surface area contributed by atoms with Crippen LogP contribution in [0.5, 0.6) is 0 Å². The molecule has 0 saturated carbocycles. The van der Waals surface area contributed by atoms with Gasteiger partial charge in [-0.1, -0.05) is 6.07 Å². The van der Waals surface area contributed by atoms with Crippen molar-refractivity contribution >= 4 is 27.3 Å². The lowest BCUT2D eigenvalue weighted by Crippen LogP contribution is -2.21. The van der Waals surface area contributed by atoms with Crippen LogP contribution >= 0.6 is 15.9 Å². The third kappa shape index (κ3) is 2.66. The molecule has 0 fully saturated rings. The highest BCUT2D eigenvalue weighted by Gasteiger charge is 2.08. The van der Waals surface area contributed by atoms with Crippen molar-refractivity contribution in [2.45, 2.75) is 6.42 Å². The van der Waals surface area contributed by atoms with Crippen molar-refractivity contribution in [2.24, 2.45) is 7.05 Å². The minimum absolute atomic E-state index is 0.173. The molecule has 0 unspecified atom stereocenters. The van der Waals surface area contributed by atoms with Crippen LogP contribution in [0.1, 0.15) is 5.82 Å². The van der Waals surface area contributed by atoms with Crippen LogP contribution in [0.3, 0.4) is 0 Å². The average Bonchev–Trinajstić information content (AvgIpc) is 2.91. The molecular formula is C13H13BrN6O. The van der Waals surface area contributed by atoms with Gasteiger partial charge in [-0.3, -0.25) is 9.20 Å². The zero-order valence-corrected chi connectivity index (χ0v) is 12.9. The first-order valence-corrected chi connectivity index (χ1v) is 7.20. The van der Waals surface area contributed by atoms with Gasteiger partial charge in [0.05, 0.1) is 11.9 Å². The Morgan fingerprint density at radius 1 is 1.33 bits per heavy atom. The summed E-state index contributed by atoms with van der Waals surface area (Å²) in [6.45, 7) is 0.628. The number of aromatic nitrogens is 5. The van der Waals surface area contributed by atoms with Crippen molar-refractivity contribution in [1.29, 1.82) is 0 Å². The number of pyridine rings is 1. The van der Waals surface area contributed by atoms with Crippen LogP contribution in [0.15, 0.2) is 39.9 Å². The lowest BCUT2D eigenvalue weighted by molar-refractivity contribution is 0.703. The summed E-state index contributed by atoms with van der Waals surface area (Å²) in [7, 11) is 1.61. The van der Waals surface area contributed by atoms with Gasteiger partial charge in [-0.05, 0) is 28.1 Å². The highest BCUT2D eigenvalue weighted by molar-refractivity contribution is 9.10. The SMILES string of the molecule is Cn1ncc(NCCc2nnc3ccccn23)c(Br)c1=O. The van der Waals surface area contributed by atoms with Crippen molar-refractivity contribution in [1.82, 2.24) is 24.4 Å². The predicted octanol–water partition coefficient (Wildman–Crippen LogP) is 1.24. The third-order valence-electron chi connectivity index (χ3n) is 3.13. The van der Waals surface area contributed by atoms with Gasteiger partial charge in [0.1, 0.15) is 10.3 Å². The first-order chi connectivity index (χ1) is 10.2. The zero-order chi connectivity index (χ0) is 14.8. The van der Waals surface area contributed by atoms with E-state index in [9.17, 15) is 4.79 Å². The van der Waals surface area contributed by atoms with E-state index in [1.807, 2.05) is 28.8 Å². The van der Waals surface area contributed by atoms with E-state index in [1.54, 1.807) is 13.2 Å². The van der Waals surface area contributed by atoms with Crippen molar-refractivity contribution in [3.63, 3.8) is 0 Å². The van der Waals surface area contributed by atoms with Crippen molar-refractivity contribution < 1.29 is 0 Å².